The van der Waals surface area contributed by atoms with Crippen molar-refractivity contribution in [3.63, 3.8) is 0 Å². The Balaban J connectivity index is 1.06. The average molecular weight is 536 g/mol. The molecule has 2 aromatic rings. The molecule has 2 fully saturated rings. The van der Waals surface area contributed by atoms with Gasteiger partial charge in [0.25, 0.3) is 11.8 Å². The number of carbonyl (C=O) groups is 2. The minimum atomic E-state index is -0.680. The summed E-state index contributed by atoms with van der Waals surface area (Å²) in [4.78, 5) is 42.9. The second kappa shape index (κ2) is 12.5. The SMILES string of the molecule is CO/N=C(\C(=O)N1CCC(Nc2cc(C(=O)NC[C@H](O)CN3CCc4ccccc4C3)ncn2)CC1)C1CC1. The molecular formula is C28H37N7O4. The zero-order valence-electron chi connectivity index (χ0n) is 22.4. The Morgan fingerprint density at radius 3 is 2.64 bits per heavy atom. The molecule has 0 unspecified atom stereocenters. The summed E-state index contributed by atoms with van der Waals surface area (Å²) < 4.78 is 0. The number of benzene rings is 1. The summed E-state index contributed by atoms with van der Waals surface area (Å²) in [5, 5.41) is 20.7. The molecule has 1 aromatic heterocycles. The average Bonchev–Trinajstić information content (AvgIpc) is 3.80. The van der Waals surface area contributed by atoms with Gasteiger partial charge in [0.1, 0.15) is 30.7 Å². The third kappa shape index (κ3) is 7.10. The highest BCUT2D eigenvalue weighted by atomic mass is 16.6. The minimum Gasteiger partial charge on any atom is -0.399 e. The van der Waals surface area contributed by atoms with Crippen LogP contribution in [0.1, 0.15) is 47.3 Å². The van der Waals surface area contributed by atoms with E-state index in [2.05, 4.69) is 48.9 Å². The van der Waals surface area contributed by atoms with Gasteiger partial charge in [-0.3, -0.25) is 14.5 Å². The summed E-state index contributed by atoms with van der Waals surface area (Å²) in [7, 11) is 1.47. The van der Waals surface area contributed by atoms with Crippen LogP contribution in [-0.2, 0) is 22.6 Å². The molecule has 11 nitrogen and oxygen atoms in total. The van der Waals surface area contributed by atoms with Crippen molar-refractivity contribution in [3.8, 4) is 0 Å². The summed E-state index contributed by atoms with van der Waals surface area (Å²) in [5.41, 5.74) is 3.43. The standard InChI is InChI=1S/C28H37N7O4/c1-39-33-26(20-6-7-20)28(38)35-12-9-22(10-13-35)32-25-14-24(30-18-31-25)27(37)29-15-23(36)17-34-11-8-19-4-2-3-5-21(19)16-34/h2-5,14,18,20,22-23,36H,6-13,15-17H2,1H3,(H,29,37)(H,30,31,32)/b33-26-/t23-/m0/s1. The number of nitrogens with zero attached hydrogens (tertiary/aromatic N) is 5. The number of hydrogen-bond acceptors (Lipinski definition) is 9. The molecule has 2 aliphatic heterocycles. The van der Waals surface area contributed by atoms with Gasteiger partial charge in [0.15, 0.2) is 0 Å². The van der Waals surface area contributed by atoms with Crippen LogP contribution in [0, 0.1) is 5.92 Å². The summed E-state index contributed by atoms with van der Waals surface area (Å²) in [6.45, 7) is 3.56. The first-order valence-corrected chi connectivity index (χ1v) is 13.7. The van der Waals surface area contributed by atoms with E-state index in [1.165, 1.54) is 24.6 Å². The van der Waals surface area contributed by atoms with E-state index in [1.54, 1.807) is 6.07 Å². The quantitative estimate of drug-likeness (QED) is 0.308. The van der Waals surface area contributed by atoms with Crippen LogP contribution in [0.2, 0.25) is 0 Å². The minimum absolute atomic E-state index is 0.0360. The Labute approximate surface area is 228 Å². The summed E-state index contributed by atoms with van der Waals surface area (Å²) in [6, 6.07) is 10.1. The number of fused-ring (bicyclic) bond motifs is 1. The number of aliphatic hydroxyl groups excluding tert-OH is 1. The molecule has 2 amide bonds. The molecule has 1 saturated carbocycles. The van der Waals surface area contributed by atoms with Gasteiger partial charge in [-0.15, -0.1) is 0 Å². The third-order valence-corrected chi connectivity index (χ3v) is 7.58. The fourth-order valence-corrected chi connectivity index (χ4v) is 5.28. The highest BCUT2D eigenvalue weighted by Crippen LogP contribution is 2.32. The number of aliphatic hydroxyl groups is 1. The number of piperidine rings is 1. The Kier molecular flexibility index (Phi) is 8.67. The van der Waals surface area contributed by atoms with E-state index in [1.807, 2.05) is 11.0 Å². The number of β-amino-alcohol motifs (C(OH)–C–C–N with tert-alkyl or cyclic N) is 1. The van der Waals surface area contributed by atoms with Gasteiger partial charge in [0.2, 0.25) is 0 Å². The van der Waals surface area contributed by atoms with E-state index >= 15 is 0 Å². The van der Waals surface area contributed by atoms with Crippen LogP contribution in [0.4, 0.5) is 5.82 Å². The van der Waals surface area contributed by atoms with Gasteiger partial charge in [0, 0.05) is 57.3 Å². The number of likely N-dealkylation sites (tertiary alicyclic amines) is 1. The lowest BCUT2D eigenvalue weighted by Crippen LogP contribution is -2.45. The van der Waals surface area contributed by atoms with Gasteiger partial charge in [-0.25, -0.2) is 9.97 Å². The van der Waals surface area contributed by atoms with Crippen molar-refractivity contribution in [3.05, 3.63) is 53.5 Å². The fraction of sp³-hybridized carbons (Fsp3) is 0.536. The summed E-state index contributed by atoms with van der Waals surface area (Å²) in [6.07, 6.45) is 5.14. The molecular weight excluding hydrogens is 498 g/mol. The zero-order valence-corrected chi connectivity index (χ0v) is 22.4. The van der Waals surface area contributed by atoms with Crippen LogP contribution in [-0.4, -0.2) is 94.4 Å². The van der Waals surface area contributed by atoms with Crippen molar-refractivity contribution < 1.29 is 19.5 Å². The smallest absolute Gasteiger partial charge is 0.271 e. The first-order valence-electron chi connectivity index (χ1n) is 13.7. The first-order chi connectivity index (χ1) is 19.0. The predicted molar refractivity (Wildman–Crippen MR) is 146 cm³/mol. The molecule has 1 atom stereocenters. The molecule has 1 aliphatic carbocycles. The highest BCUT2D eigenvalue weighted by molar-refractivity contribution is 6.40. The van der Waals surface area contributed by atoms with E-state index < -0.39 is 6.10 Å². The Bertz CT molecular complexity index is 1190. The van der Waals surface area contributed by atoms with Gasteiger partial charge in [-0.2, -0.15) is 0 Å². The molecule has 3 aliphatic rings. The van der Waals surface area contributed by atoms with Crippen molar-refractivity contribution in [2.45, 2.75) is 50.8 Å². The Morgan fingerprint density at radius 2 is 1.90 bits per heavy atom. The molecule has 0 spiro atoms. The van der Waals surface area contributed by atoms with Gasteiger partial charge >= 0.3 is 0 Å². The van der Waals surface area contributed by atoms with Crippen LogP contribution in [0.5, 0.6) is 0 Å². The number of hydrogen-bond donors (Lipinski definition) is 3. The van der Waals surface area contributed by atoms with E-state index in [9.17, 15) is 14.7 Å². The summed E-state index contributed by atoms with van der Waals surface area (Å²) >= 11 is 0. The molecule has 5 rings (SSSR count). The lowest BCUT2D eigenvalue weighted by Gasteiger charge is -2.32. The molecule has 3 heterocycles. The van der Waals surface area contributed by atoms with Crippen LogP contribution in [0.15, 0.2) is 41.8 Å². The van der Waals surface area contributed by atoms with E-state index in [4.69, 9.17) is 4.84 Å². The zero-order chi connectivity index (χ0) is 27.2. The lowest BCUT2D eigenvalue weighted by atomic mass is 10.00. The predicted octanol–water partition coefficient (Wildman–Crippen LogP) is 1.44. The van der Waals surface area contributed by atoms with Gasteiger partial charge in [0.05, 0.1) is 6.10 Å². The Morgan fingerprint density at radius 1 is 1.13 bits per heavy atom. The topological polar surface area (TPSA) is 132 Å². The number of carbonyl (C=O) groups excluding carboxylic acids is 2. The van der Waals surface area contributed by atoms with E-state index in [0.717, 1.165) is 45.2 Å². The van der Waals surface area contributed by atoms with Crippen LogP contribution >= 0.6 is 0 Å². The van der Waals surface area contributed by atoms with E-state index in [0.29, 0.717) is 31.2 Å². The highest BCUT2D eigenvalue weighted by Gasteiger charge is 2.36. The first kappa shape index (κ1) is 27.0. The number of anilines is 1. The molecule has 1 aromatic carbocycles. The fourth-order valence-electron chi connectivity index (χ4n) is 5.28. The van der Waals surface area contributed by atoms with E-state index in [-0.39, 0.29) is 36.0 Å². The third-order valence-electron chi connectivity index (χ3n) is 7.58. The maximum atomic E-state index is 12.8. The number of aromatic nitrogens is 2. The molecule has 208 valence electrons. The summed E-state index contributed by atoms with van der Waals surface area (Å²) in [5.74, 6) is 0.398. The van der Waals surface area contributed by atoms with Gasteiger partial charge in [-0.1, -0.05) is 29.4 Å². The normalized spacial score (nSPS) is 19.2. The Hall–Kier alpha value is -3.57. The maximum Gasteiger partial charge on any atom is 0.271 e. The number of amides is 2. The number of nitrogens with one attached hydrogen (secondary N) is 2. The monoisotopic (exact) mass is 535 g/mol. The second-order valence-corrected chi connectivity index (χ2v) is 10.6. The number of oxime groups is 1. The molecule has 1 saturated heterocycles. The lowest BCUT2D eigenvalue weighted by molar-refractivity contribution is -0.125. The van der Waals surface area contributed by atoms with Crippen LogP contribution < -0.4 is 10.6 Å². The van der Waals surface area contributed by atoms with Crippen LogP contribution in [0.3, 0.4) is 0 Å². The molecule has 0 bridgehead atoms. The van der Waals surface area contributed by atoms with Crippen molar-refractivity contribution >= 4 is 23.3 Å². The molecule has 39 heavy (non-hydrogen) atoms. The molecule has 11 heteroatoms. The van der Waals surface area contributed by atoms with Gasteiger partial charge in [-0.05, 0) is 43.2 Å². The van der Waals surface area contributed by atoms with Crippen molar-refractivity contribution in [2.75, 3.05) is 45.2 Å². The molecule has 0 radical (unpaired) electrons. The maximum absolute atomic E-state index is 12.8. The van der Waals surface area contributed by atoms with Crippen molar-refractivity contribution in [2.24, 2.45) is 11.1 Å². The van der Waals surface area contributed by atoms with Crippen LogP contribution in [0.25, 0.3) is 0 Å². The van der Waals surface area contributed by atoms with Crippen molar-refractivity contribution in [1.82, 2.24) is 25.1 Å². The largest absolute Gasteiger partial charge is 0.399 e. The van der Waals surface area contributed by atoms with Gasteiger partial charge < -0.3 is 25.5 Å². The van der Waals surface area contributed by atoms with Crippen molar-refractivity contribution in [1.29, 1.82) is 0 Å². The molecule has 3 N–H and O–H groups in total. The second-order valence-electron chi connectivity index (χ2n) is 10.6. The number of rotatable bonds is 10.